The van der Waals surface area contributed by atoms with E-state index in [9.17, 15) is 9.59 Å². The fraction of sp³-hybridized carbons (Fsp3) is 0.640. The Kier molecular flexibility index (Phi) is 19.1. The molecule has 0 saturated heterocycles. The molecule has 0 amide bonds. The Balaban J connectivity index is 0.00000282. The average molecular weight is 434 g/mol. The van der Waals surface area contributed by atoms with Gasteiger partial charge in [-0.3, -0.25) is 0 Å². The molecule has 1 N–H and O–H groups in total. The van der Waals surface area contributed by atoms with Gasteiger partial charge in [-0.15, -0.1) is 0 Å². The maximum Gasteiger partial charge on any atom is 0.339 e. The van der Waals surface area contributed by atoms with Gasteiger partial charge < -0.3 is 9.47 Å². The quantitative estimate of drug-likeness (QED) is 0.137. The van der Waals surface area contributed by atoms with Crippen LogP contribution in [0.15, 0.2) is 24.3 Å². The molecule has 0 bridgehead atoms. The number of rotatable bonds is 16. The lowest BCUT2D eigenvalue weighted by Gasteiger charge is -2.10. The fourth-order valence-corrected chi connectivity index (χ4v) is 3.09. The number of esters is 2. The van der Waals surface area contributed by atoms with Crippen LogP contribution in [0.1, 0.15) is 112 Å². The van der Waals surface area contributed by atoms with Crippen LogP contribution < -0.4 is 0 Å². The highest BCUT2D eigenvalue weighted by molar-refractivity contribution is 6.03. The molecule has 0 atom stereocenters. The second kappa shape index (κ2) is 20.8. The summed E-state index contributed by atoms with van der Waals surface area (Å²) >= 11 is 0. The first kappa shape index (κ1) is 28.5. The van der Waals surface area contributed by atoms with E-state index in [1.165, 1.54) is 51.4 Å². The van der Waals surface area contributed by atoms with Crippen molar-refractivity contribution in [1.82, 2.24) is 0 Å². The molecule has 31 heavy (non-hydrogen) atoms. The van der Waals surface area contributed by atoms with Crippen molar-refractivity contribution in [3.05, 3.63) is 35.4 Å². The van der Waals surface area contributed by atoms with Crippen molar-refractivity contribution in [3.63, 3.8) is 0 Å². The SMILES string of the molecule is CCCCCCCCOC(=O)c1ccccc1C(=O)OCCCCCCCC.N=C=O. The highest BCUT2D eigenvalue weighted by atomic mass is 16.5. The van der Waals surface area contributed by atoms with Crippen molar-refractivity contribution >= 4 is 18.0 Å². The van der Waals surface area contributed by atoms with Gasteiger partial charge in [0.25, 0.3) is 0 Å². The smallest absolute Gasteiger partial charge is 0.339 e. The van der Waals surface area contributed by atoms with Gasteiger partial charge in [0.2, 0.25) is 6.08 Å². The summed E-state index contributed by atoms with van der Waals surface area (Å²) in [6.45, 7) is 5.17. The first-order valence-corrected chi connectivity index (χ1v) is 11.6. The van der Waals surface area contributed by atoms with Gasteiger partial charge in [0.05, 0.1) is 24.3 Å². The van der Waals surface area contributed by atoms with Crippen LogP contribution in [0.3, 0.4) is 0 Å². The Bertz CT molecular complexity index is 590. The Morgan fingerprint density at radius 1 is 0.710 bits per heavy atom. The second-order valence-electron chi connectivity index (χ2n) is 7.46. The van der Waals surface area contributed by atoms with Crippen LogP contribution in [0, 0.1) is 5.41 Å². The Morgan fingerprint density at radius 3 is 1.39 bits per heavy atom. The zero-order chi connectivity index (χ0) is 23.2. The minimum atomic E-state index is -0.444. The number of carbonyl (C=O) groups excluding carboxylic acids is 3. The number of hydrogen-bond acceptors (Lipinski definition) is 6. The molecule has 0 unspecified atom stereocenters. The summed E-state index contributed by atoms with van der Waals surface area (Å²) < 4.78 is 10.7. The van der Waals surface area contributed by atoms with Gasteiger partial charge in [0.15, 0.2) is 0 Å². The predicted octanol–water partition coefficient (Wildman–Crippen LogP) is 6.62. The molecule has 1 rings (SSSR count). The number of benzene rings is 1. The molecule has 0 heterocycles. The van der Waals surface area contributed by atoms with E-state index < -0.39 is 11.9 Å². The maximum atomic E-state index is 12.4. The topological polar surface area (TPSA) is 93.5 Å². The van der Waals surface area contributed by atoms with E-state index in [4.69, 9.17) is 19.7 Å². The van der Waals surface area contributed by atoms with Crippen molar-refractivity contribution in [3.8, 4) is 0 Å². The van der Waals surface area contributed by atoms with E-state index in [0.717, 1.165) is 31.8 Å². The maximum absolute atomic E-state index is 12.4. The van der Waals surface area contributed by atoms with Crippen LogP contribution in [-0.4, -0.2) is 31.2 Å². The number of isocyanates is 1. The van der Waals surface area contributed by atoms with E-state index in [2.05, 4.69) is 13.8 Å². The van der Waals surface area contributed by atoms with E-state index in [0.29, 0.717) is 24.3 Å². The molecular weight excluding hydrogens is 394 g/mol. The summed E-state index contributed by atoms with van der Waals surface area (Å²) in [5, 5.41) is 5.40. The van der Waals surface area contributed by atoms with Crippen LogP contribution in [0.5, 0.6) is 0 Å². The standard InChI is InChI=1S/C24H38O4.CHNO/c1-3-5-7-9-11-15-19-27-23(25)21-17-13-14-18-22(21)24(26)28-20-16-12-10-8-6-4-2;2-1-3/h13-14,17-18H,3-12,15-16,19-20H2,1-2H3;2H. The van der Waals surface area contributed by atoms with Crippen molar-refractivity contribution in [2.24, 2.45) is 0 Å². The predicted molar refractivity (Wildman–Crippen MR) is 122 cm³/mol. The summed E-state index contributed by atoms with van der Waals surface area (Å²) in [5.74, 6) is -0.888. The molecule has 0 aliphatic heterocycles. The lowest BCUT2D eigenvalue weighted by Crippen LogP contribution is -2.15. The van der Waals surface area contributed by atoms with Gasteiger partial charge in [0.1, 0.15) is 0 Å². The van der Waals surface area contributed by atoms with Crippen molar-refractivity contribution in [2.45, 2.75) is 90.9 Å². The van der Waals surface area contributed by atoms with Crippen molar-refractivity contribution in [1.29, 1.82) is 5.41 Å². The molecule has 1 aromatic carbocycles. The summed E-state index contributed by atoms with van der Waals surface area (Å²) in [5.41, 5.74) is 0.586. The summed E-state index contributed by atoms with van der Waals surface area (Å²) in [4.78, 5) is 33.1. The molecule has 6 nitrogen and oxygen atoms in total. The van der Waals surface area contributed by atoms with Gasteiger partial charge in [-0.05, 0) is 25.0 Å². The third-order valence-corrected chi connectivity index (χ3v) is 4.83. The van der Waals surface area contributed by atoms with E-state index in [1.54, 1.807) is 24.3 Å². The number of unbranched alkanes of at least 4 members (excludes halogenated alkanes) is 10. The zero-order valence-corrected chi connectivity index (χ0v) is 19.3. The van der Waals surface area contributed by atoms with Crippen molar-refractivity contribution < 1.29 is 23.9 Å². The molecule has 0 spiro atoms. The van der Waals surface area contributed by atoms with Crippen molar-refractivity contribution in [2.75, 3.05) is 13.2 Å². The minimum absolute atomic E-state index is 0.293. The fourth-order valence-electron chi connectivity index (χ4n) is 3.09. The summed E-state index contributed by atoms with van der Waals surface area (Å²) in [7, 11) is 0. The minimum Gasteiger partial charge on any atom is -0.462 e. The van der Waals surface area contributed by atoms with Gasteiger partial charge in [-0.1, -0.05) is 90.2 Å². The number of carbonyl (C=O) groups is 2. The molecule has 0 radical (unpaired) electrons. The van der Waals surface area contributed by atoms with Gasteiger partial charge in [-0.2, -0.15) is 0 Å². The normalized spacial score (nSPS) is 9.87. The lowest BCUT2D eigenvalue weighted by molar-refractivity contribution is 0.0450. The van der Waals surface area contributed by atoms with E-state index >= 15 is 0 Å². The molecule has 0 aliphatic carbocycles. The van der Waals surface area contributed by atoms with Gasteiger partial charge in [-0.25, -0.2) is 19.8 Å². The highest BCUT2D eigenvalue weighted by Gasteiger charge is 2.18. The van der Waals surface area contributed by atoms with E-state index in [-0.39, 0.29) is 0 Å². The number of ether oxygens (including phenoxy) is 2. The Labute approximate surface area is 187 Å². The average Bonchev–Trinajstić information content (AvgIpc) is 2.78. The third-order valence-electron chi connectivity index (χ3n) is 4.83. The third kappa shape index (κ3) is 15.1. The second-order valence-corrected chi connectivity index (χ2v) is 7.46. The van der Waals surface area contributed by atoms with Crippen LogP contribution in [-0.2, 0) is 14.3 Å². The first-order valence-electron chi connectivity index (χ1n) is 11.6. The zero-order valence-electron chi connectivity index (χ0n) is 19.3. The monoisotopic (exact) mass is 433 g/mol. The summed E-state index contributed by atoms with van der Waals surface area (Å²) in [6.07, 6.45) is 14.4. The molecule has 174 valence electrons. The molecule has 0 aromatic heterocycles. The van der Waals surface area contributed by atoms with Crippen LogP contribution in [0.4, 0.5) is 0 Å². The summed E-state index contributed by atoms with van der Waals surface area (Å²) in [6, 6.07) is 6.74. The first-order chi connectivity index (χ1) is 15.1. The molecule has 1 aromatic rings. The van der Waals surface area contributed by atoms with Gasteiger partial charge >= 0.3 is 11.9 Å². The van der Waals surface area contributed by atoms with Gasteiger partial charge in [0, 0.05) is 0 Å². The highest BCUT2D eigenvalue weighted by Crippen LogP contribution is 2.14. The lowest BCUT2D eigenvalue weighted by atomic mass is 10.1. The number of hydrogen-bond donors (Lipinski definition) is 1. The van der Waals surface area contributed by atoms with Crippen LogP contribution >= 0.6 is 0 Å². The van der Waals surface area contributed by atoms with Crippen LogP contribution in [0.2, 0.25) is 0 Å². The molecule has 6 heteroatoms. The Morgan fingerprint density at radius 2 is 1.03 bits per heavy atom. The molecule has 0 saturated carbocycles. The molecule has 0 aliphatic rings. The molecular formula is C25H39NO5. The Hall–Kier alpha value is -2.46. The van der Waals surface area contributed by atoms with Crippen LogP contribution in [0.25, 0.3) is 0 Å². The van der Waals surface area contributed by atoms with E-state index in [1.807, 2.05) is 0 Å². The number of nitrogens with one attached hydrogen (secondary N) is 1. The largest absolute Gasteiger partial charge is 0.462 e. The molecule has 0 fully saturated rings.